The zero-order valence-electron chi connectivity index (χ0n) is 13.6. The third kappa shape index (κ3) is 4.37. The second kappa shape index (κ2) is 7.67. The van der Waals surface area contributed by atoms with Crippen LogP contribution in [0.1, 0.15) is 45.4 Å². The standard InChI is InChI=1S/C17H32N2OS/c1-2-19-8-3-15(4-9-19)14-18-16-5-10-20-17(13-16)6-11-21-12-7-17/h15-16,18H,2-14H2,1H3. The van der Waals surface area contributed by atoms with Crippen molar-refractivity contribution >= 4 is 11.8 Å². The SMILES string of the molecule is CCN1CCC(CNC2CCOC3(CCSCC3)C2)CC1. The molecule has 1 unspecified atom stereocenters. The monoisotopic (exact) mass is 312 g/mol. The van der Waals surface area contributed by atoms with Gasteiger partial charge in [0.25, 0.3) is 0 Å². The van der Waals surface area contributed by atoms with E-state index in [1.807, 2.05) is 0 Å². The third-order valence-corrected chi connectivity index (χ3v) is 6.73. The molecule has 4 heteroatoms. The van der Waals surface area contributed by atoms with Gasteiger partial charge in [0.2, 0.25) is 0 Å². The van der Waals surface area contributed by atoms with Crippen LogP contribution < -0.4 is 5.32 Å². The highest BCUT2D eigenvalue weighted by atomic mass is 32.2. The zero-order chi connectivity index (χ0) is 14.5. The van der Waals surface area contributed by atoms with E-state index in [2.05, 4.69) is 28.9 Å². The van der Waals surface area contributed by atoms with E-state index >= 15 is 0 Å². The first-order valence-electron chi connectivity index (χ1n) is 8.97. The van der Waals surface area contributed by atoms with Gasteiger partial charge in [-0.1, -0.05) is 6.92 Å². The van der Waals surface area contributed by atoms with Crippen molar-refractivity contribution in [2.75, 3.05) is 44.3 Å². The average molecular weight is 313 g/mol. The summed E-state index contributed by atoms with van der Waals surface area (Å²) in [7, 11) is 0. The van der Waals surface area contributed by atoms with E-state index in [0.29, 0.717) is 6.04 Å². The van der Waals surface area contributed by atoms with E-state index in [-0.39, 0.29) is 5.60 Å². The Labute approximate surface area is 134 Å². The highest BCUT2D eigenvalue weighted by Gasteiger charge is 2.38. The quantitative estimate of drug-likeness (QED) is 0.863. The van der Waals surface area contributed by atoms with Gasteiger partial charge in [0.15, 0.2) is 0 Å². The fourth-order valence-electron chi connectivity index (χ4n) is 4.13. The molecule has 0 saturated carbocycles. The Morgan fingerprint density at radius 3 is 2.67 bits per heavy atom. The number of likely N-dealkylation sites (tertiary alicyclic amines) is 1. The van der Waals surface area contributed by atoms with Crippen LogP contribution in [0.2, 0.25) is 0 Å². The molecule has 0 amide bonds. The summed E-state index contributed by atoms with van der Waals surface area (Å²) in [6, 6.07) is 0.700. The zero-order valence-corrected chi connectivity index (χ0v) is 14.4. The van der Waals surface area contributed by atoms with Gasteiger partial charge >= 0.3 is 0 Å². The fraction of sp³-hybridized carbons (Fsp3) is 1.00. The maximum absolute atomic E-state index is 6.20. The Morgan fingerprint density at radius 2 is 1.95 bits per heavy atom. The number of hydrogen-bond donors (Lipinski definition) is 1. The first-order valence-corrected chi connectivity index (χ1v) is 10.1. The van der Waals surface area contributed by atoms with E-state index < -0.39 is 0 Å². The predicted octanol–water partition coefficient (Wildman–Crippen LogP) is 2.75. The topological polar surface area (TPSA) is 24.5 Å². The molecular weight excluding hydrogens is 280 g/mol. The Bertz CT molecular complexity index is 306. The molecule has 3 nitrogen and oxygen atoms in total. The minimum absolute atomic E-state index is 0.229. The van der Waals surface area contributed by atoms with Gasteiger partial charge in [-0.15, -0.1) is 0 Å². The molecule has 1 spiro atoms. The molecule has 0 radical (unpaired) electrons. The molecule has 3 fully saturated rings. The van der Waals surface area contributed by atoms with Crippen LogP contribution in [0.25, 0.3) is 0 Å². The number of ether oxygens (including phenoxy) is 1. The molecule has 0 bridgehead atoms. The maximum atomic E-state index is 6.20. The Balaban J connectivity index is 1.41. The highest BCUT2D eigenvalue weighted by molar-refractivity contribution is 7.99. The van der Waals surface area contributed by atoms with Crippen molar-refractivity contribution < 1.29 is 4.74 Å². The molecule has 3 heterocycles. The summed E-state index contributed by atoms with van der Waals surface area (Å²) in [6.45, 7) is 8.31. The summed E-state index contributed by atoms with van der Waals surface area (Å²) in [5.74, 6) is 3.48. The Hall–Kier alpha value is 0.230. The molecule has 122 valence electrons. The lowest BCUT2D eigenvalue weighted by atomic mass is 9.85. The molecule has 0 aromatic heterocycles. The van der Waals surface area contributed by atoms with Crippen molar-refractivity contribution in [3.05, 3.63) is 0 Å². The lowest BCUT2D eigenvalue weighted by Crippen LogP contribution is -2.50. The number of rotatable bonds is 4. The van der Waals surface area contributed by atoms with Crippen LogP contribution >= 0.6 is 11.8 Å². The average Bonchev–Trinajstić information content (AvgIpc) is 2.54. The molecule has 0 aromatic carbocycles. The van der Waals surface area contributed by atoms with Crippen LogP contribution in [0.4, 0.5) is 0 Å². The number of nitrogens with zero attached hydrogens (tertiary/aromatic N) is 1. The van der Waals surface area contributed by atoms with Crippen LogP contribution in [0, 0.1) is 5.92 Å². The van der Waals surface area contributed by atoms with Crippen molar-refractivity contribution in [2.45, 2.75) is 57.1 Å². The van der Waals surface area contributed by atoms with Gasteiger partial charge in [-0.3, -0.25) is 0 Å². The van der Waals surface area contributed by atoms with Gasteiger partial charge in [0.05, 0.1) is 5.60 Å². The van der Waals surface area contributed by atoms with Gasteiger partial charge in [0.1, 0.15) is 0 Å². The second-order valence-electron chi connectivity index (χ2n) is 7.12. The Kier molecular flexibility index (Phi) is 5.88. The Morgan fingerprint density at radius 1 is 1.19 bits per heavy atom. The van der Waals surface area contributed by atoms with Crippen molar-refractivity contribution in [3.63, 3.8) is 0 Å². The predicted molar refractivity (Wildman–Crippen MR) is 91.1 cm³/mol. The second-order valence-corrected chi connectivity index (χ2v) is 8.34. The van der Waals surface area contributed by atoms with Crippen molar-refractivity contribution in [1.82, 2.24) is 10.2 Å². The number of hydrogen-bond acceptors (Lipinski definition) is 4. The minimum Gasteiger partial charge on any atom is -0.375 e. The van der Waals surface area contributed by atoms with Crippen LogP contribution in [-0.2, 0) is 4.74 Å². The van der Waals surface area contributed by atoms with Crippen LogP contribution in [0.5, 0.6) is 0 Å². The van der Waals surface area contributed by atoms with Crippen LogP contribution in [-0.4, -0.2) is 60.8 Å². The van der Waals surface area contributed by atoms with Gasteiger partial charge in [0, 0.05) is 12.6 Å². The molecular formula is C17H32N2OS. The highest BCUT2D eigenvalue weighted by Crippen LogP contribution is 2.37. The van der Waals surface area contributed by atoms with Crippen LogP contribution in [0.15, 0.2) is 0 Å². The molecule has 0 aromatic rings. The summed E-state index contributed by atoms with van der Waals surface area (Å²) < 4.78 is 6.20. The molecule has 3 rings (SSSR count). The van der Waals surface area contributed by atoms with E-state index in [9.17, 15) is 0 Å². The summed E-state index contributed by atoms with van der Waals surface area (Å²) in [4.78, 5) is 2.58. The molecule has 3 saturated heterocycles. The first-order chi connectivity index (χ1) is 10.3. The number of thioether (sulfide) groups is 1. The number of nitrogens with one attached hydrogen (secondary N) is 1. The van der Waals surface area contributed by atoms with Gasteiger partial charge in [-0.05, 0) is 82.1 Å². The van der Waals surface area contributed by atoms with E-state index in [0.717, 1.165) is 12.5 Å². The van der Waals surface area contributed by atoms with Crippen molar-refractivity contribution in [3.8, 4) is 0 Å². The fourth-order valence-corrected chi connectivity index (χ4v) is 5.37. The lowest BCUT2D eigenvalue weighted by molar-refractivity contribution is -0.0935. The van der Waals surface area contributed by atoms with Gasteiger partial charge < -0.3 is 15.0 Å². The van der Waals surface area contributed by atoms with Crippen molar-refractivity contribution in [2.24, 2.45) is 5.92 Å². The van der Waals surface area contributed by atoms with Gasteiger partial charge in [-0.25, -0.2) is 0 Å². The van der Waals surface area contributed by atoms with Crippen molar-refractivity contribution in [1.29, 1.82) is 0 Å². The maximum Gasteiger partial charge on any atom is 0.0713 e. The third-order valence-electron chi connectivity index (χ3n) is 5.75. The molecule has 3 aliphatic rings. The summed E-state index contributed by atoms with van der Waals surface area (Å²) in [5, 5.41) is 3.89. The summed E-state index contributed by atoms with van der Waals surface area (Å²) in [5.41, 5.74) is 0.229. The van der Waals surface area contributed by atoms with E-state index in [4.69, 9.17) is 4.74 Å². The van der Waals surface area contributed by atoms with E-state index in [1.165, 1.54) is 76.2 Å². The summed E-state index contributed by atoms with van der Waals surface area (Å²) in [6.07, 6.45) is 7.76. The van der Waals surface area contributed by atoms with Crippen LogP contribution in [0.3, 0.4) is 0 Å². The molecule has 0 aliphatic carbocycles. The molecule has 21 heavy (non-hydrogen) atoms. The minimum atomic E-state index is 0.229. The first kappa shape index (κ1) is 16.1. The normalized spacial score (nSPS) is 31.6. The lowest BCUT2D eigenvalue weighted by Gasteiger charge is -2.44. The molecule has 1 atom stereocenters. The van der Waals surface area contributed by atoms with E-state index in [1.54, 1.807) is 0 Å². The smallest absolute Gasteiger partial charge is 0.0713 e. The molecule has 3 aliphatic heterocycles. The largest absolute Gasteiger partial charge is 0.375 e. The van der Waals surface area contributed by atoms with Gasteiger partial charge in [-0.2, -0.15) is 11.8 Å². The number of piperidine rings is 1. The molecule has 1 N–H and O–H groups in total. The summed E-state index contributed by atoms with van der Waals surface area (Å²) >= 11 is 2.10.